The monoisotopic (exact) mass is 414 g/mol. The van der Waals surface area contributed by atoms with Crippen molar-refractivity contribution in [1.29, 1.82) is 0 Å². The van der Waals surface area contributed by atoms with Crippen LogP contribution in [0.15, 0.2) is 52.4 Å². The second-order valence-corrected chi connectivity index (χ2v) is 7.11. The highest BCUT2D eigenvalue weighted by molar-refractivity contribution is 5.63. The average Bonchev–Trinajstić information content (AvgIpc) is 3.35. The van der Waals surface area contributed by atoms with Gasteiger partial charge in [0.25, 0.3) is 5.56 Å². The number of hydrogen-bond donors (Lipinski definition) is 2. The predicted molar refractivity (Wildman–Crippen MR) is 99.0 cm³/mol. The Hall–Kier alpha value is -3.76. The van der Waals surface area contributed by atoms with Crippen molar-refractivity contribution in [3.8, 4) is 11.3 Å². The molecule has 0 bridgehead atoms. The number of rotatable bonds is 3. The van der Waals surface area contributed by atoms with E-state index < -0.39 is 23.0 Å². The van der Waals surface area contributed by atoms with Gasteiger partial charge in [0.1, 0.15) is 12.0 Å². The Balaban J connectivity index is 1.53. The van der Waals surface area contributed by atoms with Gasteiger partial charge >= 0.3 is 11.9 Å². The number of fused-ring (bicyclic) bond motifs is 1. The van der Waals surface area contributed by atoms with Gasteiger partial charge in [-0.1, -0.05) is 12.1 Å². The van der Waals surface area contributed by atoms with Gasteiger partial charge < -0.3 is 4.98 Å². The number of nitrogens with zero attached hydrogens (tertiary/aromatic N) is 4. The van der Waals surface area contributed by atoms with Gasteiger partial charge in [-0.05, 0) is 42.0 Å². The molecule has 1 aromatic carbocycles. The highest BCUT2D eigenvalue weighted by Gasteiger charge is 2.42. The molecule has 2 atom stereocenters. The van der Waals surface area contributed by atoms with E-state index in [4.69, 9.17) is 0 Å². The van der Waals surface area contributed by atoms with Crippen LogP contribution in [0.1, 0.15) is 34.9 Å². The molecule has 3 heterocycles. The molecule has 11 heteroatoms. The van der Waals surface area contributed by atoms with Crippen LogP contribution >= 0.6 is 0 Å². The minimum atomic E-state index is -4.38. The first kappa shape index (κ1) is 18.3. The zero-order valence-corrected chi connectivity index (χ0v) is 15.1. The van der Waals surface area contributed by atoms with Crippen LogP contribution in [0.25, 0.3) is 16.9 Å². The Morgan fingerprint density at radius 1 is 1.10 bits per heavy atom. The minimum absolute atomic E-state index is 0.00275. The molecule has 1 aliphatic rings. The molecule has 152 valence electrons. The number of H-pyrrole nitrogens is 2. The first-order valence-electron chi connectivity index (χ1n) is 9.02. The van der Waals surface area contributed by atoms with Crippen molar-refractivity contribution >= 4 is 5.65 Å². The van der Waals surface area contributed by atoms with Crippen molar-refractivity contribution in [3.05, 3.63) is 80.4 Å². The molecule has 0 radical (unpaired) electrons. The zero-order chi connectivity index (χ0) is 21.0. The van der Waals surface area contributed by atoms with Crippen LogP contribution in [0.2, 0.25) is 0 Å². The molecule has 2 N–H and O–H groups in total. The third-order valence-electron chi connectivity index (χ3n) is 5.23. The van der Waals surface area contributed by atoms with Crippen LogP contribution in [0, 0.1) is 0 Å². The summed E-state index contributed by atoms with van der Waals surface area (Å²) in [5, 5.41) is 8.32. The van der Waals surface area contributed by atoms with Crippen molar-refractivity contribution in [2.75, 3.05) is 0 Å². The molecule has 30 heavy (non-hydrogen) atoms. The van der Waals surface area contributed by atoms with Crippen molar-refractivity contribution in [2.45, 2.75) is 24.4 Å². The topological polar surface area (TPSA) is 109 Å². The first-order valence-corrected chi connectivity index (χ1v) is 9.02. The smallest absolute Gasteiger partial charge is 0.313 e. The molecule has 4 aromatic rings. The molecule has 1 saturated carbocycles. The Morgan fingerprint density at radius 2 is 1.87 bits per heavy atom. The van der Waals surface area contributed by atoms with Crippen LogP contribution in [0.5, 0.6) is 0 Å². The van der Waals surface area contributed by atoms with E-state index in [9.17, 15) is 22.8 Å². The lowest BCUT2D eigenvalue weighted by atomic mass is 10.0. The van der Waals surface area contributed by atoms with Crippen LogP contribution in [0.4, 0.5) is 13.2 Å². The van der Waals surface area contributed by atoms with Gasteiger partial charge in [-0.25, -0.2) is 9.78 Å². The summed E-state index contributed by atoms with van der Waals surface area (Å²) in [5.74, 6) is 0.0222. The number of aromatic amines is 2. The fraction of sp³-hybridized carbons (Fsp3) is 0.211. The van der Waals surface area contributed by atoms with E-state index in [1.54, 1.807) is 6.07 Å². The van der Waals surface area contributed by atoms with Gasteiger partial charge in [0.05, 0.1) is 11.1 Å². The number of alkyl halides is 3. The third kappa shape index (κ3) is 3.08. The average molecular weight is 414 g/mol. The molecule has 0 unspecified atom stereocenters. The van der Waals surface area contributed by atoms with E-state index in [0.717, 1.165) is 29.7 Å². The van der Waals surface area contributed by atoms with Gasteiger partial charge in [-0.3, -0.25) is 9.78 Å². The molecule has 0 spiro atoms. The standard InChI is InChI=1S/C19H13F3N6O2/c20-19(21,22)10-3-1-9(2-4-10)11-5-12(11)13-6-15(27-28-16(13)24-8-25-28)14-7-23-18(30)26-17(14)29/h1-4,6-8,11-12H,5H2,(H2,23,26,29,30)/t11-,12+/m0/s1. The predicted octanol–water partition coefficient (Wildman–Crippen LogP) is 2.46. The Morgan fingerprint density at radius 3 is 2.57 bits per heavy atom. The summed E-state index contributed by atoms with van der Waals surface area (Å²) >= 11 is 0. The van der Waals surface area contributed by atoms with Crippen LogP contribution in [-0.2, 0) is 6.18 Å². The summed E-state index contributed by atoms with van der Waals surface area (Å²) < 4.78 is 39.7. The van der Waals surface area contributed by atoms with Crippen LogP contribution in [-0.4, -0.2) is 29.8 Å². The zero-order valence-electron chi connectivity index (χ0n) is 15.1. The number of nitrogens with one attached hydrogen (secondary N) is 2. The molecule has 3 aromatic heterocycles. The summed E-state index contributed by atoms with van der Waals surface area (Å²) in [7, 11) is 0. The first-order chi connectivity index (χ1) is 14.3. The van der Waals surface area contributed by atoms with Gasteiger partial charge in [-0.2, -0.15) is 13.2 Å². The van der Waals surface area contributed by atoms with Gasteiger partial charge in [0.2, 0.25) is 0 Å². The summed E-state index contributed by atoms with van der Waals surface area (Å²) in [5.41, 5.74) is 0.658. The van der Waals surface area contributed by atoms with E-state index in [0.29, 0.717) is 11.3 Å². The van der Waals surface area contributed by atoms with Crippen molar-refractivity contribution in [3.63, 3.8) is 0 Å². The van der Waals surface area contributed by atoms with E-state index >= 15 is 0 Å². The molecule has 0 aliphatic heterocycles. The molecular weight excluding hydrogens is 401 g/mol. The SMILES string of the molecule is O=c1[nH]cc(-c2cc([C@@H]3C[C@H]3c3ccc(C(F)(F)F)cc3)c3ncnn3n2)c(=O)[nH]1. The fourth-order valence-electron chi connectivity index (χ4n) is 3.67. The summed E-state index contributed by atoms with van der Waals surface area (Å²) in [6.07, 6.45) is -1.04. The molecular formula is C19H13F3N6O2. The van der Waals surface area contributed by atoms with E-state index in [1.807, 2.05) is 0 Å². The Bertz CT molecular complexity index is 1370. The third-order valence-corrected chi connectivity index (χ3v) is 5.23. The summed E-state index contributed by atoms with van der Waals surface area (Å²) in [6.45, 7) is 0. The molecule has 0 saturated heterocycles. The second kappa shape index (κ2) is 6.37. The number of benzene rings is 1. The number of halogens is 3. The quantitative estimate of drug-likeness (QED) is 0.535. The Kier molecular flexibility index (Phi) is 3.88. The summed E-state index contributed by atoms with van der Waals surface area (Å²) in [4.78, 5) is 32.2. The van der Waals surface area contributed by atoms with Crippen LogP contribution in [0.3, 0.4) is 0 Å². The maximum Gasteiger partial charge on any atom is 0.416 e. The van der Waals surface area contributed by atoms with Gasteiger partial charge in [-0.15, -0.1) is 14.8 Å². The maximum atomic E-state index is 12.8. The summed E-state index contributed by atoms with van der Waals surface area (Å²) in [6, 6.07) is 6.85. The lowest BCUT2D eigenvalue weighted by molar-refractivity contribution is -0.137. The van der Waals surface area contributed by atoms with Crippen molar-refractivity contribution < 1.29 is 13.2 Å². The van der Waals surface area contributed by atoms with E-state index in [2.05, 4.69) is 25.1 Å². The molecule has 0 amide bonds. The highest BCUT2D eigenvalue weighted by atomic mass is 19.4. The fourth-order valence-corrected chi connectivity index (χ4v) is 3.67. The Labute approximate surface area is 165 Å². The maximum absolute atomic E-state index is 12.8. The lowest BCUT2D eigenvalue weighted by Gasteiger charge is -2.08. The normalized spacial score (nSPS) is 18.6. The molecule has 8 nitrogen and oxygen atoms in total. The minimum Gasteiger partial charge on any atom is -0.313 e. The van der Waals surface area contributed by atoms with Crippen LogP contribution < -0.4 is 11.2 Å². The van der Waals surface area contributed by atoms with E-state index in [-0.39, 0.29) is 17.4 Å². The molecule has 1 aliphatic carbocycles. The molecule has 1 fully saturated rings. The largest absolute Gasteiger partial charge is 0.416 e. The number of hydrogen-bond acceptors (Lipinski definition) is 5. The lowest BCUT2D eigenvalue weighted by Crippen LogP contribution is -2.23. The van der Waals surface area contributed by atoms with Crippen molar-refractivity contribution in [1.82, 2.24) is 29.8 Å². The second-order valence-electron chi connectivity index (χ2n) is 7.11. The van der Waals surface area contributed by atoms with Gasteiger partial charge in [0, 0.05) is 11.8 Å². The molecule has 5 rings (SSSR count). The van der Waals surface area contributed by atoms with Crippen molar-refractivity contribution in [2.24, 2.45) is 0 Å². The highest BCUT2D eigenvalue weighted by Crippen LogP contribution is 2.55. The van der Waals surface area contributed by atoms with Gasteiger partial charge in [0.15, 0.2) is 5.65 Å². The van der Waals surface area contributed by atoms with E-state index in [1.165, 1.54) is 29.3 Å². The number of aromatic nitrogens is 6.